The van der Waals surface area contributed by atoms with Crippen LogP contribution in [0.15, 0.2) is 41.8 Å². The van der Waals surface area contributed by atoms with E-state index >= 15 is 0 Å². The molecule has 1 fully saturated rings. The number of anilines is 1. The van der Waals surface area contributed by atoms with E-state index in [4.69, 9.17) is 4.98 Å². The molecule has 1 saturated heterocycles. The number of hydrogen-bond acceptors (Lipinski definition) is 4. The zero-order chi connectivity index (χ0) is 23.4. The molecule has 33 heavy (non-hydrogen) atoms. The van der Waals surface area contributed by atoms with Gasteiger partial charge >= 0.3 is 6.18 Å². The number of nitrogens with zero attached hydrogens (tertiary/aromatic N) is 4. The number of carbonyl (C=O) groups excluding carboxylic acids is 1. The average Bonchev–Trinajstić information content (AvgIpc) is 2.83. The van der Waals surface area contributed by atoms with E-state index in [-0.39, 0.29) is 5.91 Å². The summed E-state index contributed by atoms with van der Waals surface area (Å²) in [7, 11) is 0. The number of allylic oxidation sites excluding steroid dienone is 4. The lowest BCUT2D eigenvalue weighted by atomic mass is 9.87. The van der Waals surface area contributed by atoms with Gasteiger partial charge in [0, 0.05) is 33.1 Å². The van der Waals surface area contributed by atoms with Crippen molar-refractivity contribution in [1.29, 1.82) is 0 Å². The molecule has 1 aromatic heterocycles. The molecule has 2 aliphatic heterocycles. The molecule has 8 heteroatoms. The van der Waals surface area contributed by atoms with E-state index < -0.39 is 11.7 Å². The summed E-state index contributed by atoms with van der Waals surface area (Å²) >= 11 is 0. The van der Waals surface area contributed by atoms with Crippen molar-refractivity contribution in [3.05, 3.63) is 47.5 Å². The van der Waals surface area contributed by atoms with Crippen molar-refractivity contribution < 1.29 is 18.0 Å². The fourth-order valence-electron chi connectivity index (χ4n) is 4.98. The first-order valence-electron chi connectivity index (χ1n) is 11.8. The lowest BCUT2D eigenvalue weighted by Crippen LogP contribution is -2.36. The first kappa shape index (κ1) is 23.5. The van der Waals surface area contributed by atoms with Crippen molar-refractivity contribution in [1.82, 2.24) is 14.9 Å². The molecule has 0 saturated carbocycles. The zero-order valence-corrected chi connectivity index (χ0v) is 19.1. The van der Waals surface area contributed by atoms with Gasteiger partial charge in [-0.25, -0.2) is 4.98 Å². The molecule has 1 amide bonds. The number of piperidine rings is 1. The lowest BCUT2D eigenvalue weighted by Gasteiger charge is -2.34. The number of rotatable bonds is 5. The third-order valence-corrected chi connectivity index (χ3v) is 6.83. The fourth-order valence-corrected chi connectivity index (χ4v) is 4.98. The van der Waals surface area contributed by atoms with E-state index in [1.54, 1.807) is 30.3 Å². The lowest BCUT2D eigenvalue weighted by molar-refractivity contribution is -0.128. The molecular formula is C25H31F3N4O. The monoisotopic (exact) mass is 460 g/mol. The standard InChI is InChI=1S/C25H31F3N4O/c1-18(33)31-13-10-21(11-14-31)23-15-29-16-24(30-23)32-12-4-5-19(17-32)8-9-20-6-2-3-7-22(20)25(26,27)28/h6-7,10,15-16,19H,2-5,8-9,11-14,17H2,1H3. The molecule has 5 nitrogen and oxygen atoms in total. The zero-order valence-electron chi connectivity index (χ0n) is 19.1. The van der Waals surface area contributed by atoms with Gasteiger partial charge in [-0.1, -0.05) is 18.2 Å². The van der Waals surface area contributed by atoms with Crippen molar-refractivity contribution in [3.8, 4) is 0 Å². The maximum Gasteiger partial charge on any atom is 0.416 e. The van der Waals surface area contributed by atoms with Gasteiger partial charge < -0.3 is 9.80 Å². The molecule has 0 N–H and O–H groups in total. The van der Waals surface area contributed by atoms with Crippen molar-refractivity contribution in [2.45, 2.75) is 58.0 Å². The van der Waals surface area contributed by atoms with Crippen LogP contribution in [0.1, 0.15) is 57.6 Å². The predicted octanol–water partition coefficient (Wildman–Crippen LogP) is 5.32. The van der Waals surface area contributed by atoms with E-state index in [0.717, 1.165) is 55.9 Å². The highest BCUT2D eigenvalue weighted by Gasteiger charge is 2.36. The van der Waals surface area contributed by atoms with E-state index in [1.807, 2.05) is 6.08 Å². The van der Waals surface area contributed by atoms with E-state index in [0.29, 0.717) is 43.8 Å². The Balaban J connectivity index is 1.38. The number of alkyl halides is 3. The summed E-state index contributed by atoms with van der Waals surface area (Å²) in [6.07, 6.45) is 9.56. The van der Waals surface area contributed by atoms with Crippen LogP contribution in [0.25, 0.3) is 5.57 Å². The van der Waals surface area contributed by atoms with Gasteiger partial charge in [-0.15, -0.1) is 0 Å². The highest BCUT2D eigenvalue weighted by molar-refractivity contribution is 5.75. The Kier molecular flexibility index (Phi) is 7.20. The van der Waals surface area contributed by atoms with Crippen LogP contribution >= 0.6 is 0 Å². The van der Waals surface area contributed by atoms with Crippen molar-refractivity contribution in [2.75, 3.05) is 31.1 Å². The minimum Gasteiger partial charge on any atom is -0.355 e. The molecule has 178 valence electrons. The van der Waals surface area contributed by atoms with Crippen LogP contribution in [0.5, 0.6) is 0 Å². The Morgan fingerprint density at radius 1 is 1.15 bits per heavy atom. The molecule has 1 atom stereocenters. The number of hydrogen-bond donors (Lipinski definition) is 0. The van der Waals surface area contributed by atoms with Crippen LogP contribution in [-0.2, 0) is 4.79 Å². The van der Waals surface area contributed by atoms with Crippen LogP contribution in [0.3, 0.4) is 0 Å². The highest BCUT2D eigenvalue weighted by atomic mass is 19.4. The quantitative estimate of drug-likeness (QED) is 0.597. The van der Waals surface area contributed by atoms with E-state index in [1.165, 1.54) is 6.08 Å². The molecule has 0 aromatic carbocycles. The third kappa shape index (κ3) is 5.84. The molecule has 0 bridgehead atoms. The number of aromatic nitrogens is 2. The normalized spacial score (nSPS) is 21.9. The van der Waals surface area contributed by atoms with Gasteiger partial charge in [0.1, 0.15) is 5.82 Å². The van der Waals surface area contributed by atoms with Gasteiger partial charge in [0.2, 0.25) is 5.91 Å². The van der Waals surface area contributed by atoms with Crippen LogP contribution in [0, 0.1) is 5.92 Å². The molecule has 1 aliphatic carbocycles. The van der Waals surface area contributed by atoms with Gasteiger partial charge in [0.25, 0.3) is 0 Å². The van der Waals surface area contributed by atoms with Gasteiger partial charge in [-0.3, -0.25) is 9.78 Å². The predicted molar refractivity (Wildman–Crippen MR) is 123 cm³/mol. The Morgan fingerprint density at radius 2 is 1.97 bits per heavy atom. The Morgan fingerprint density at radius 3 is 2.70 bits per heavy atom. The summed E-state index contributed by atoms with van der Waals surface area (Å²) in [5, 5.41) is 0. The third-order valence-electron chi connectivity index (χ3n) is 6.83. The highest BCUT2D eigenvalue weighted by Crippen LogP contribution is 2.37. The first-order valence-corrected chi connectivity index (χ1v) is 11.8. The second-order valence-corrected chi connectivity index (χ2v) is 9.12. The minimum atomic E-state index is -4.27. The van der Waals surface area contributed by atoms with Gasteiger partial charge in [-0.2, -0.15) is 13.2 Å². The SMILES string of the molecule is CC(=O)N1CC=C(c2cncc(N3CCCC(CCC4=CCCC=C4C(F)(F)F)C3)n2)CC1. The molecule has 4 rings (SSSR count). The number of halogens is 3. The average molecular weight is 461 g/mol. The summed E-state index contributed by atoms with van der Waals surface area (Å²) in [4.78, 5) is 24.8. The van der Waals surface area contributed by atoms with Crippen molar-refractivity contribution in [2.24, 2.45) is 5.92 Å². The van der Waals surface area contributed by atoms with Gasteiger partial charge in [0.05, 0.1) is 23.7 Å². The summed E-state index contributed by atoms with van der Waals surface area (Å²) in [6.45, 7) is 4.52. The van der Waals surface area contributed by atoms with Crippen LogP contribution < -0.4 is 4.90 Å². The first-order chi connectivity index (χ1) is 15.8. The smallest absolute Gasteiger partial charge is 0.355 e. The molecule has 0 radical (unpaired) electrons. The largest absolute Gasteiger partial charge is 0.416 e. The van der Waals surface area contributed by atoms with Gasteiger partial charge in [0.15, 0.2) is 0 Å². The maximum absolute atomic E-state index is 13.3. The number of amides is 1. The minimum absolute atomic E-state index is 0.0753. The molecule has 1 aromatic rings. The summed E-state index contributed by atoms with van der Waals surface area (Å²) in [6, 6.07) is 0. The second kappa shape index (κ2) is 10.1. The number of carbonyl (C=O) groups is 1. The molecule has 0 spiro atoms. The van der Waals surface area contributed by atoms with Crippen LogP contribution in [-0.4, -0.2) is 53.1 Å². The second-order valence-electron chi connectivity index (χ2n) is 9.12. The van der Waals surface area contributed by atoms with Crippen LogP contribution in [0.2, 0.25) is 0 Å². The summed E-state index contributed by atoms with van der Waals surface area (Å²) < 4.78 is 40.0. The Bertz CT molecular complexity index is 967. The van der Waals surface area contributed by atoms with Crippen molar-refractivity contribution in [3.63, 3.8) is 0 Å². The van der Waals surface area contributed by atoms with E-state index in [2.05, 4.69) is 9.88 Å². The Hall–Kier alpha value is -2.64. The topological polar surface area (TPSA) is 49.3 Å². The fraction of sp³-hybridized carbons (Fsp3) is 0.560. The molecule has 3 aliphatic rings. The van der Waals surface area contributed by atoms with E-state index in [9.17, 15) is 18.0 Å². The summed E-state index contributed by atoms with van der Waals surface area (Å²) in [5.41, 5.74) is 1.96. The van der Waals surface area contributed by atoms with Gasteiger partial charge in [-0.05, 0) is 62.0 Å². The summed E-state index contributed by atoms with van der Waals surface area (Å²) in [5.74, 6) is 1.23. The van der Waals surface area contributed by atoms with Crippen LogP contribution in [0.4, 0.5) is 19.0 Å². The Labute approximate surface area is 193 Å². The molecule has 1 unspecified atom stereocenters. The molecular weight excluding hydrogens is 429 g/mol. The van der Waals surface area contributed by atoms with Crippen molar-refractivity contribution >= 4 is 17.3 Å². The maximum atomic E-state index is 13.3. The molecule has 3 heterocycles.